The number of ether oxygens (including phenoxy) is 1. The van der Waals surface area contributed by atoms with E-state index in [2.05, 4.69) is 0 Å². The zero-order chi connectivity index (χ0) is 23.7. The van der Waals surface area contributed by atoms with Crippen molar-refractivity contribution in [1.82, 2.24) is 4.90 Å². The molecular weight excluding hydrogens is 414 g/mol. The van der Waals surface area contributed by atoms with E-state index in [9.17, 15) is 14.4 Å². The minimum absolute atomic E-state index is 0.0566. The zero-order valence-corrected chi connectivity index (χ0v) is 20.6. The predicted molar refractivity (Wildman–Crippen MR) is 132 cm³/mol. The summed E-state index contributed by atoms with van der Waals surface area (Å²) in [5.74, 6) is -0.326. The first-order chi connectivity index (χ1) is 16.1. The number of benzene rings is 1. The van der Waals surface area contributed by atoms with E-state index >= 15 is 0 Å². The molecule has 2 amide bonds. The summed E-state index contributed by atoms with van der Waals surface area (Å²) in [7, 11) is 0. The van der Waals surface area contributed by atoms with Crippen LogP contribution in [-0.4, -0.2) is 35.8 Å². The molecular formula is C28H43NO4. The highest BCUT2D eigenvalue weighted by atomic mass is 16.5. The van der Waals surface area contributed by atoms with Gasteiger partial charge in [0.1, 0.15) is 0 Å². The summed E-state index contributed by atoms with van der Waals surface area (Å²) in [6, 6.07) is 7.11. The molecule has 1 aliphatic rings. The first-order valence-corrected chi connectivity index (χ1v) is 13.3. The summed E-state index contributed by atoms with van der Waals surface area (Å²) in [4.78, 5) is 37.3. The predicted octanol–water partition coefficient (Wildman–Crippen LogP) is 7.09. The first-order valence-electron chi connectivity index (χ1n) is 13.3. The van der Waals surface area contributed by atoms with Gasteiger partial charge in [-0.25, -0.2) is 0 Å². The normalized spacial score (nSPS) is 12.9. The monoisotopic (exact) mass is 457 g/mol. The number of carbonyl (C=O) groups excluding carboxylic acids is 3. The molecule has 0 aliphatic carbocycles. The van der Waals surface area contributed by atoms with E-state index in [1.807, 2.05) is 19.1 Å². The van der Waals surface area contributed by atoms with Crippen LogP contribution >= 0.6 is 0 Å². The molecule has 0 atom stereocenters. The molecule has 0 bridgehead atoms. The van der Waals surface area contributed by atoms with Gasteiger partial charge in [-0.2, -0.15) is 0 Å². The molecule has 0 N–H and O–H groups in total. The van der Waals surface area contributed by atoms with E-state index in [1.165, 1.54) is 75.5 Å². The third kappa shape index (κ3) is 10.1. The maximum Gasteiger partial charge on any atom is 0.305 e. The molecule has 0 saturated heterocycles. The summed E-state index contributed by atoms with van der Waals surface area (Å²) in [6.45, 7) is 2.88. The smallest absolute Gasteiger partial charge is 0.305 e. The van der Waals surface area contributed by atoms with Gasteiger partial charge in [0.05, 0.1) is 17.7 Å². The molecule has 5 heteroatoms. The highest BCUT2D eigenvalue weighted by molar-refractivity contribution is 6.21. The molecule has 184 valence electrons. The molecule has 1 aromatic rings. The fraction of sp³-hybridized carbons (Fsp3) is 0.679. The van der Waals surface area contributed by atoms with Gasteiger partial charge in [-0.15, -0.1) is 0 Å². The van der Waals surface area contributed by atoms with Gasteiger partial charge < -0.3 is 4.74 Å². The Morgan fingerprint density at radius 3 is 1.48 bits per heavy atom. The van der Waals surface area contributed by atoms with E-state index in [0.29, 0.717) is 30.7 Å². The molecule has 33 heavy (non-hydrogen) atoms. The molecule has 1 aliphatic heterocycles. The number of fused-ring (bicyclic) bond motifs is 1. The maximum atomic E-state index is 12.3. The second kappa shape index (κ2) is 16.4. The van der Waals surface area contributed by atoms with Crippen LogP contribution in [-0.2, 0) is 9.53 Å². The van der Waals surface area contributed by atoms with Crippen molar-refractivity contribution in [3.8, 4) is 0 Å². The van der Waals surface area contributed by atoms with Crippen LogP contribution in [0.25, 0.3) is 0 Å². The van der Waals surface area contributed by atoms with Crippen molar-refractivity contribution in [1.29, 1.82) is 0 Å². The van der Waals surface area contributed by atoms with E-state index < -0.39 is 0 Å². The van der Waals surface area contributed by atoms with Crippen LogP contribution in [0.15, 0.2) is 24.3 Å². The highest BCUT2D eigenvalue weighted by Gasteiger charge is 2.34. The van der Waals surface area contributed by atoms with Crippen molar-refractivity contribution < 1.29 is 19.1 Å². The molecule has 2 rings (SSSR count). The molecule has 0 saturated carbocycles. The number of rotatable bonds is 19. The van der Waals surface area contributed by atoms with Gasteiger partial charge in [0.15, 0.2) is 0 Å². The van der Waals surface area contributed by atoms with Gasteiger partial charge in [-0.1, -0.05) is 95.6 Å². The summed E-state index contributed by atoms with van der Waals surface area (Å²) in [6.07, 6.45) is 18.8. The van der Waals surface area contributed by atoms with E-state index in [4.69, 9.17) is 4.74 Å². The van der Waals surface area contributed by atoms with Gasteiger partial charge in [0.2, 0.25) is 0 Å². The number of esters is 1. The fourth-order valence-corrected chi connectivity index (χ4v) is 4.51. The second-order valence-electron chi connectivity index (χ2n) is 9.17. The Hall–Kier alpha value is -2.17. The van der Waals surface area contributed by atoms with Gasteiger partial charge in [0, 0.05) is 13.0 Å². The van der Waals surface area contributed by atoms with Crippen molar-refractivity contribution in [3.05, 3.63) is 35.4 Å². The lowest BCUT2D eigenvalue weighted by Crippen LogP contribution is -2.30. The third-order valence-corrected chi connectivity index (χ3v) is 6.45. The van der Waals surface area contributed by atoms with E-state index in [-0.39, 0.29) is 17.8 Å². The Morgan fingerprint density at radius 2 is 1.06 bits per heavy atom. The van der Waals surface area contributed by atoms with Crippen LogP contribution in [0, 0.1) is 0 Å². The summed E-state index contributed by atoms with van der Waals surface area (Å²) in [5.41, 5.74) is 1.10. The van der Waals surface area contributed by atoms with Gasteiger partial charge in [-0.3, -0.25) is 19.3 Å². The van der Waals surface area contributed by atoms with Gasteiger partial charge in [-0.05, 0) is 31.9 Å². The number of imide groups is 1. The number of carbonyl (C=O) groups is 3. The van der Waals surface area contributed by atoms with Crippen molar-refractivity contribution in [3.63, 3.8) is 0 Å². The van der Waals surface area contributed by atoms with E-state index in [1.54, 1.807) is 12.1 Å². The molecule has 1 aromatic carbocycles. The zero-order valence-electron chi connectivity index (χ0n) is 20.6. The Balaban J connectivity index is 1.32. The summed E-state index contributed by atoms with van der Waals surface area (Å²) < 4.78 is 4.94. The Morgan fingerprint density at radius 1 is 0.667 bits per heavy atom. The average Bonchev–Trinajstić information content (AvgIpc) is 3.06. The number of hydrogen-bond acceptors (Lipinski definition) is 4. The molecule has 0 radical (unpaired) electrons. The molecule has 0 spiro atoms. The van der Waals surface area contributed by atoms with Crippen LogP contribution < -0.4 is 0 Å². The van der Waals surface area contributed by atoms with Crippen LogP contribution in [0.1, 0.15) is 130 Å². The SMILES string of the molecule is CCOC(=O)CCCCCCCCCCCCCCCCCN1C(=O)c2ccccc2C1=O. The van der Waals surface area contributed by atoms with Crippen molar-refractivity contribution in [2.75, 3.05) is 13.2 Å². The highest BCUT2D eigenvalue weighted by Crippen LogP contribution is 2.23. The first kappa shape index (κ1) is 27.1. The van der Waals surface area contributed by atoms with E-state index in [0.717, 1.165) is 25.7 Å². The molecule has 0 unspecified atom stereocenters. The summed E-state index contributed by atoms with van der Waals surface area (Å²) in [5, 5.41) is 0. The largest absolute Gasteiger partial charge is 0.466 e. The van der Waals surface area contributed by atoms with Crippen molar-refractivity contribution in [2.45, 2.75) is 110 Å². The fourth-order valence-electron chi connectivity index (χ4n) is 4.51. The van der Waals surface area contributed by atoms with Crippen molar-refractivity contribution >= 4 is 17.8 Å². The van der Waals surface area contributed by atoms with Crippen LogP contribution in [0.5, 0.6) is 0 Å². The van der Waals surface area contributed by atoms with Crippen LogP contribution in [0.4, 0.5) is 0 Å². The lowest BCUT2D eigenvalue weighted by atomic mass is 10.0. The van der Waals surface area contributed by atoms with Crippen molar-refractivity contribution in [2.24, 2.45) is 0 Å². The minimum atomic E-state index is -0.135. The van der Waals surface area contributed by atoms with Crippen LogP contribution in [0.3, 0.4) is 0 Å². The van der Waals surface area contributed by atoms with Gasteiger partial charge in [0.25, 0.3) is 11.8 Å². The Kier molecular flexibility index (Phi) is 13.5. The van der Waals surface area contributed by atoms with Crippen LogP contribution in [0.2, 0.25) is 0 Å². The Labute approximate surface area is 200 Å². The molecule has 1 heterocycles. The number of amides is 2. The number of hydrogen-bond donors (Lipinski definition) is 0. The number of nitrogens with zero attached hydrogens (tertiary/aromatic N) is 1. The third-order valence-electron chi connectivity index (χ3n) is 6.45. The second-order valence-corrected chi connectivity index (χ2v) is 9.17. The quantitative estimate of drug-likeness (QED) is 0.126. The molecule has 0 fully saturated rings. The maximum absolute atomic E-state index is 12.3. The lowest BCUT2D eigenvalue weighted by Gasteiger charge is -2.13. The topological polar surface area (TPSA) is 63.7 Å². The Bertz CT molecular complexity index is 695. The van der Waals surface area contributed by atoms with Gasteiger partial charge >= 0.3 is 5.97 Å². The standard InChI is InChI=1S/C28H43NO4/c1-2-33-26(30)22-16-14-12-10-8-6-4-3-5-7-9-11-13-15-19-23-29-27(31)24-20-17-18-21-25(24)28(29)32/h17-18,20-21H,2-16,19,22-23H2,1H3. The lowest BCUT2D eigenvalue weighted by molar-refractivity contribution is -0.143. The minimum Gasteiger partial charge on any atom is -0.466 e. The number of unbranched alkanes of at least 4 members (excludes halogenated alkanes) is 14. The average molecular weight is 458 g/mol. The molecule has 0 aromatic heterocycles. The molecule has 5 nitrogen and oxygen atoms in total. The summed E-state index contributed by atoms with van der Waals surface area (Å²) >= 11 is 0.